The molecule has 0 radical (unpaired) electrons. The average Bonchev–Trinajstić information content (AvgIpc) is 2.79. The second-order valence-corrected chi connectivity index (χ2v) is 5.35. The minimum Gasteiger partial charge on any atom is -0.419 e. The normalized spacial score (nSPS) is 11.2. The maximum atomic E-state index is 5.61. The highest BCUT2D eigenvalue weighted by atomic mass is 79.9. The van der Waals surface area contributed by atoms with E-state index in [0.717, 1.165) is 10.0 Å². The van der Waals surface area contributed by atoms with E-state index in [1.165, 1.54) is 5.56 Å². The van der Waals surface area contributed by atoms with Gasteiger partial charge in [0, 0.05) is 16.1 Å². The molecular formula is C13H16BrN3O. The van der Waals surface area contributed by atoms with E-state index < -0.39 is 0 Å². The Morgan fingerprint density at radius 3 is 2.78 bits per heavy atom. The zero-order chi connectivity index (χ0) is 13.1. The van der Waals surface area contributed by atoms with Gasteiger partial charge >= 0.3 is 0 Å². The molecule has 0 aliphatic carbocycles. The van der Waals surface area contributed by atoms with Crippen LogP contribution in [0.4, 0.5) is 0 Å². The van der Waals surface area contributed by atoms with Gasteiger partial charge in [-0.15, -0.1) is 10.2 Å². The largest absolute Gasteiger partial charge is 0.419 e. The minimum absolute atomic E-state index is 0.397. The Hall–Kier alpha value is -1.20. The summed E-state index contributed by atoms with van der Waals surface area (Å²) in [7, 11) is 0. The number of halogens is 1. The van der Waals surface area contributed by atoms with Crippen LogP contribution in [0.2, 0.25) is 0 Å². The third-order valence-corrected chi connectivity index (χ3v) is 3.40. The van der Waals surface area contributed by atoms with E-state index in [0.29, 0.717) is 24.4 Å². The first-order chi connectivity index (χ1) is 8.56. The summed E-state index contributed by atoms with van der Waals surface area (Å²) in [5.74, 6) is 1.16. The minimum atomic E-state index is 0.397. The fourth-order valence-electron chi connectivity index (χ4n) is 1.46. The molecule has 1 heterocycles. The number of hydrogen-bond acceptors (Lipinski definition) is 4. The highest BCUT2D eigenvalue weighted by molar-refractivity contribution is 9.10. The van der Waals surface area contributed by atoms with Gasteiger partial charge in [0.05, 0.1) is 6.54 Å². The molecule has 4 nitrogen and oxygen atoms in total. The van der Waals surface area contributed by atoms with Gasteiger partial charge in [-0.2, -0.15) is 0 Å². The van der Waals surface area contributed by atoms with Crippen molar-refractivity contribution in [2.24, 2.45) is 0 Å². The summed E-state index contributed by atoms with van der Waals surface area (Å²) in [6, 6.07) is 6.39. The lowest BCUT2D eigenvalue weighted by atomic mass is 10.1. The Kier molecular flexibility index (Phi) is 4.14. The van der Waals surface area contributed by atoms with Gasteiger partial charge in [0.2, 0.25) is 11.8 Å². The van der Waals surface area contributed by atoms with Crippen molar-refractivity contribution in [2.45, 2.75) is 33.4 Å². The van der Waals surface area contributed by atoms with E-state index in [1.54, 1.807) is 0 Å². The fourth-order valence-corrected chi connectivity index (χ4v) is 1.84. The van der Waals surface area contributed by atoms with Crippen LogP contribution in [0.15, 0.2) is 27.1 Å². The van der Waals surface area contributed by atoms with Crippen LogP contribution in [0.1, 0.15) is 25.3 Å². The van der Waals surface area contributed by atoms with Gasteiger partial charge in [-0.05, 0) is 24.6 Å². The first-order valence-electron chi connectivity index (χ1n) is 5.88. The van der Waals surface area contributed by atoms with Crippen molar-refractivity contribution in [3.05, 3.63) is 34.1 Å². The first-order valence-corrected chi connectivity index (χ1v) is 6.68. The molecular weight excluding hydrogens is 294 g/mol. The number of benzene rings is 1. The summed E-state index contributed by atoms with van der Waals surface area (Å²) in [6.45, 7) is 6.79. The van der Waals surface area contributed by atoms with Crippen LogP contribution in [0, 0.1) is 6.92 Å². The van der Waals surface area contributed by atoms with E-state index >= 15 is 0 Å². The molecule has 96 valence electrons. The molecule has 0 bridgehead atoms. The highest BCUT2D eigenvalue weighted by Crippen LogP contribution is 2.24. The van der Waals surface area contributed by atoms with Crippen molar-refractivity contribution < 1.29 is 4.42 Å². The molecule has 0 fully saturated rings. The van der Waals surface area contributed by atoms with Gasteiger partial charge in [0.15, 0.2) is 0 Å². The topological polar surface area (TPSA) is 51.0 Å². The Balaban J connectivity index is 2.16. The zero-order valence-corrected chi connectivity index (χ0v) is 12.3. The molecule has 2 rings (SSSR count). The van der Waals surface area contributed by atoms with Crippen molar-refractivity contribution in [1.29, 1.82) is 0 Å². The number of aromatic nitrogens is 2. The van der Waals surface area contributed by atoms with Crippen LogP contribution < -0.4 is 5.32 Å². The molecule has 18 heavy (non-hydrogen) atoms. The SMILES string of the molecule is Cc1ccc(-c2nnc(CNC(C)C)o2)cc1Br. The lowest BCUT2D eigenvalue weighted by Gasteiger charge is -2.03. The Morgan fingerprint density at radius 2 is 2.11 bits per heavy atom. The molecule has 0 atom stereocenters. The van der Waals surface area contributed by atoms with E-state index in [2.05, 4.69) is 45.3 Å². The summed E-state index contributed by atoms with van der Waals surface area (Å²) < 4.78 is 6.65. The zero-order valence-electron chi connectivity index (χ0n) is 10.7. The van der Waals surface area contributed by atoms with Gasteiger partial charge in [0.25, 0.3) is 0 Å². The van der Waals surface area contributed by atoms with Crippen molar-refractivity contribution >= 4 is 15.9 Å². The van der Waals surface area contributed by atoms with Crippen LogP contribution in [0.3, 0.4) is 0 Å². The van der Waals surface area contributed by atoms with Gasteiger partial charge in [-0.1, -0.05) is 35.8 Å². The molecule has 0 aliphatic rings. The van der Waals surface area contributed by atoms with Crippen LogP contribution in [0.25, 0.3) is 11.5 Å². The van der Waals surface area contributed by atoms with Crippen molar-refractivity contribution in [1.82, 2.24) is 15.5 Å². The van der Waals surface area contributed by atoms with Crippen LogP contribution >= 0.6 is 15.9 Å². The van der Waals surface area contributed by atoms with Crippen LogP contribution in [-0.4, -0.2) is 16.2 Å². The van der Waals surface area contributed by atoms with E-state index in [9.17, 15) is 0 Å². The van der Waals surface area contributed by atoms with Gasteiger partial charge in [0.1, 0.15) is 0 Å². The van der Waals surface area contributed by atoms with E-state index in [1.807, 2.05) is 25.1 Å². The Bertz CT molecular complexity index is 537. The molecule has 0 saturated carbocycles. The van der Waals surface area contributed by atoms with Crippen LogP contribution in [0.5, 0.6) is 0 Å². The van der Waals surface area contributed by atoms with Crippen LogP contribution in [-0.2, 0) is 6.54 Å². The second kappa shape index (κ2) is 5.63. The summed E-state index contributed by atoms with van der Waals surface area (Å²) in [5, 5.41) is 11.3. The molecule has 5 heteroatoms. The monoisotopic (exact) mass is 309 g/mol. The highest BCUT2D eigenvalue weighted by Gasteiger charge is 2.09. The predicted molar refractivity (Wildman–Crippen MR) is 74.1 cm³/mol. The molecule has 0 aliphatic heterocycles. The molecule has 1 aromatic carbocycles. The molecule has 1 N–H and O–H groups in total. The standard InChI is InChI=1S/C13H16BrN3O/c1-8(2)15-7-12-16-17-13(18-12)10-5-4-9(3)11(14)6-10/h4-6,8,15H,7H2,1-3H3. The third-order valence-electron chi connectivity index (χ3n) is 2.55. The number of rotatable bonds is 4. The van der Waals surface area contributed by atoms with Gasteiger partial charge < -0.3 is 9.73 Å². The number of hydrogen-bond donors (Lipinski definition) is 1. The van der Waals surface area contributed by atoms with Crippen molar-refractivity contribution in [3.8, 4) is 11.5 Å². The molecule has 2 aromatic rings. The molecule has 0 amide bonds. The number of aryl methyl sites for hydroxylation is 1. The summed E-state index contributed by atoms with van der Waals surface area (Å²) in [6.07, 6.45) is 0. The quantitative estimate of drug-likeness (QED) is 0.941. The fraction of sp³-hybridized carbons (Fsp3) is 0.385. The van der Waals surface area contributed by atoms with E-state index in [4.69, 9.17) is 4.42 Å². The average molecular weight is 310 g/mol. The lowest BCUT2D eigenvalue weighted by molar-refractivity contribution is 0.459. The summed E-state index contributed by atoms with van der Waals surface area (Å²) in [5.41, 5.74) is 2.11. The molecule has 0 unspecified atom stereocenters. The maximum Gasteiger partial charge on any atom is 0.247 e. The lowest BCUT2D eigenvalue weighted by Crippen LogP contribution is -2.21. The van der Waals surface area contributed by atoms with Crippen molar-refractivity contribution in [2.75, 3.05) is 0 Å². The molecule has 1 aromatic heterocycles. The second-order valence-electron chi connectivity index (χ2n) is 4.50. The molecule has 0 spiro atoms. The smallest absolute Gasteiger partial charge is 0.247 e. The van der Waals surface area contributed by atoms with E-state index in [-0.39, 0.29) is 0 Å². The van der Waals surface area contributed by atoms with Gasteiger partial charge in [-0.25, -0.2) is 0 Å². The van der Waals surface area contributed by atoms with Gasteiger partial charge in [-0.3, -0.25) is 0 Å². The molecule has 0 saturated heterocycles. The Morgan fingerprint density at radius 1 is 1.33 bits per heavy atom. The Labute approximate surface area is 115 Å². The predicted octanol–water partition coefficient (Wildman–Crippen LogP) is 3.31. The number of nitrogens with one attached hydrogen (secondary N) is 1. The third kappa shape index (κ3) is 3.17. The summed E-state index contributed by atoms with van der Waals surface area (Å²) in [4.78, 5) is 0. The maximum absolute atomic E-state index is 5.61. The summed E-state index contributed by atoms with van der Waals surface area (Å²) >= 11 is 3.50. The first kappa shape index (κ1) is 13.2. The van der Waals surface area contributed by atoms with Crippen molar-refractivity contribution in [3.63, 3.8) is 0 Å². The number of nitrogens with zero attached hydrogens (tertiary/aromatic N) is 2.